The molecule has 0 bridgehead atoms. The van der Waals surface area contributed by atoms with Crippen LogP contribution < -0.4 is 0 Å². The Morgan fingerprint density at radius 1 is 1.08 bits per heavy atom. The highest BCUT2D eigenvalue weighted by Gasteiger charge is 2.29. The van der Waals surface area contributed by atoms with Crippen molar-refractivity contribution in [1.29, 1.82) is 0 Å². The van der Waals surface area contributed by atoms with Crippen molar-refractivity contribution in [2.24, 2.45) is 0 Å². The van der Waals surface area contributed by atoms with Gasteiger partial charge in [0.1, 0.15) is 11.6 Å². The summed E-state index contributed by atoms with van der Waals surface area (Å²) in [6, 6.07) is 7.44. The zero-order chi connectivity index (χ0) is 17.4. The summed E-state index contributed by atoms with van der Waals surface area (Å²) >= 11 is 0. The van der Waals surface area contributed by atoms with Crippen LogP contribution in [0.3, 0.4) is 0 Å². The Kier molecular flexibility index (Phi) is 4.55. The molecule has 1 aromatic heterocycles. The van der Waals surface area contributed by atoms with Gasteiger partial charge in [0.15, 0.2) is 0 Å². The van der Waals surface area contributed by atoms with Crippen molar-refractivity contribution >= 4 is 0 Å². The zero-order valence-electron chi connectivity index (χ0n) is 15.1. The molecular formula is C21H26FN3. The number of nitrogens with zero attached hydrogens (tertiary/aromatic N) is 3. The predicted molar refractivity (Wildman–Crippen MR) is 97.9 cm³/mol. The van der Waals surface area contributed by atoms with Crippen molar-refractivity contribution in [3.05, 3.63) is 47.2 Å². The average Bonchev–Trinajstić information content (AvgIpc) is 3.15. The van der Waals surface area contributed by atoms with Crippen LogP contribution in [0.4, 0.5) is 4.39 Å². The molecule has 0 saturated heterocycles. The first-order valence-electron chi connectivity index (χ1n) is 9.51. The minimum atomic E-state index is -0.205. The van der Waals surface area contributed by atoms with Gasteiger partial charge in [0.2, 0.25) is 0 Å². The van der Waals surface area contributed by atoms with Crippen LogP contribution in [0.15, 0.2) is 24.3 Å². The lowest BCUT2D eigenvalue weighted by Crippen LogP contribution is -2.38. The third-order valence-electron chi connectivity index (χ3n) is 5.58. The third-order valence-corrected chi connectivity index (χ3v) is 5.58. The fourth-order valence-corrected chi connectivity index (χ4v) is 4.14. The van der Waals surface area contributed by atoms with E-state index >= 15 is 0 Å². The number of aromatic nitrogens is 2. The van der Waals surface area contributed by atoms with Gasteiger partial charge in [-0.05, 0) is 37.1 Å². The van der Waals surface area contributed by atoms with Crippen molar-refractivity contribution < 1.29 is 4.39 Å². The smallest absolute Gasteiger partial charge is 0.131 e. The van der Waals surface area contributed by atoms with Crippen molar-refractivity contribution in [2.75, 3.05) is 6.54 Å². The second-order valence-electron chi connectivity index (χ2n) is 7.68. The van der Waals surface area contributed by atoms with E-state index in [1.807, 2.05) is 12.1 Å². The lowest BCUT2D eigenvalue weighted by Gasteiger charge is -2.34. The third kappa shape index (κ3) is 3.32. The van der Waals surface area contributed by atoms with Crippen LogP contribution >= 0.6 is 0 Å². The molecule has 1 aliphatic heterocycles. The summed E-state index contributed by atoms with van der Waals surface area (Å²) in [5.41, 5.74) is 4.42. The van der Waals surface area contributed by atoms with E-state index in [0.717, 1.165) is 36.6 Å². The van der Waals surface area contributed by atoms with Gasteiger partial charge < -0.3 is 0 Å². The maximum absolute atomic E-state index is 13.4. The van der Waals surface area contributed by atoms with Crippen LogP contribution in [0.5, 0.6) is 0 Å². The number of hydrogen-bond donors (Lipinski definition) is 0. The average molecular weight is 339 g/mol. The Hall–Kier alpha value is -1.81. The molecule has 1 fully saturated rings. The van der Waals surface area contributed by atoms with E-state index in [4.69, 9.17) is 9.97 Å². The molecule has 0 atom stereocenters. The van der Waals surface area contributed by atoms with E-state index in [1.165, 1.54) is 49.1 Å². The molecule has 1 saturated carbocycles. The molecule has 0 N–H and O–H groups in total. The summed E-state index contributed by atoms with van der Waals surface area (Å²) in [6.45, 7) is 6.27. The second kappa shape index (κ2) is 6.83. The Bertz CT molecular complexity index is 748. The first kappa shape index (κ1) is 16.6. The monoisotopic (exact) mass is 339 g/mol. The normalized spacial score (nSPS) is 18.7. The van der Waals surface area contributed by atoms with E-state index in [1.54, 1.807) is 0 Å². The van der Waals surface area contributed by atoms with Crippen molar-refractivity contribution in [1.82, 2.24) is 14.9 Å². The Morgan fingerprint density at radius 3 is 2.48 bits per heavy atom. The topological polar surface area (TPSA) is 29.0 Å². The highest BCUT2D eigenvalue weighted by Crippen LogP contribution is 2.33. The highest BCUT2D eigenvalue weighted by atomic mass is 19.1. The molecule has 0 unspecified atom stereocenters. The summed E-state index contributed by atoms with van der Waals surface area (Å²) in [4.78, 5) is 12.4. The quantitative estimate of drug-likeness (QED) is 0.811. The van der Waals surface area contributed by atoms with Crippen LogP contribution in [0, 0.1) is 5.82 Å². The van der Waals surface area contributed by atoms with Gasteiger partial charge in [0, 0.05) is 42.6 Å². The lowest BCUT2D eigenvalue weighted by molar-refractivity contribution is 0.179. The number of hydrogen-bond acceptors (Lipinski definition) is 3. The van der Waals surface area contributed by atoms with E-state index in [-0.39, 0.29) is 11.7 Å². The molecule has 0 amide bonds. The molecular weight excluding hydrogens is 313 g/mol. The van der Waals surface area contributed by atoms with Crippen LogP contribution in [-0.2, 0) is 13.0 Å². The van der Waals surface area contributed by atoms with Gasteiger partial charge in [-0.1, -0.05) is 26.7 Å². The molecule has 132 valence electrons. The van der Waals surface area contributed by atoms with Crippen LogP contribution in [0.2, 0.25) is 0 Å². The fraction of sp³-hybridized carbons (Fsp3) is 0.524. The molecule has 0 radical (unpaired) electrons. The van der Waals surface area contributed by atoms with Crippen molar-refractivity contribution in [2.45, 2.75) is 64.5 Å². The first-order chi connectivity index (χ1) is 12.1. The standard InChI is InChI=1S/C21H26FN3/c1-14(2)21-23-19-11-12-25(17-5-3-4-6-17)13-18(19)20(24-21)15-7-9-16(22)10-8-15/h7-10,14,17H,3-6,11-13H2,1-2H3. The molecule has 2 aliphatic rings. The maximum Gasteiger partial charge on any atom is 0.131 e. The Balaban J connectivity index is 1.76. The van der Waals surface area contributed by atoms with Gasteiger partial charge in [-0.15, -0.1) is 0 Å². The molecule has 1 aromatic carbocycles. The van der Waals surface area contributed by atoms with Gasteiger partial charge in [0.25, 0.3) is 0 Å². The van der Waals surface area contributed by atoms with Crippen LogP contribution in [0.1, 0.15) is 62.5 Å². The van der Waals surface area contributed by atoms with Crippen molar-refractivity contribution in [3.63, 3.8) is 0 Å². The molecule has 4 heteroatoms. The Morgan fingerprint density at radius 2 is 1.80 bits per heavy atom. The molecule has 2 heterocycles. The summed E-state index contributed by atoms with van der Waals surface area (Å²) in [5.74, 6) is 0.980. The Labute approximate surface area is 149 Å². The summed E-state index contributed by atoms with van der Waals surface area (Å²) in [6.07, 6.45) is 6.31. The zero-order valence-corrected chi connectivity index (χ0v) is 15.1. The fourth-order valence-electron chi connectivity index (χ4n) is 4.14. The maximum atomic E-state index is 13.4. The predicted octanol–water partition coefficient (Wildman–Crippen LogP) is 4.71. The second-order valence-corrected chi connectivity index (χ2v) is 7.68. The number of rotatable bonds is 3. The molecule has 25 heavy (non-hydrogen) atoms. The summed E-state index contributed by atoms with van der Waals surface area (Å²) < 4.78 is 13.4. The van der Waals surface area contributed by atoms with Crippen LogP contribution in [0.25, 0.3) is 11.3 Å². The van der Waals surface area contributed by atoms with E-state index in [2.05, 4.69) is 18.7 Å². The first-order valence-corrected chi connectivity index (χ1v) is 9.51. The molecule has 1 aliphatic carbocycles. The van der Waals surface area contributed by atoms with Gasteiger partial charge in [0.05, 0.1) is 11.4 Å². The van der Waals surface area contributed by atoms with Gasteiger partial charge in [-0.3, -0.25) is 4.90 Å². The minimum Gasteiger partial charge on any atom is -0.296 e. The number of benzene rings is 1. The van der Waals surface area contributed by atoms with Gasteiger partial charge in [-0.2, -0.15) is 0 Å². The molecule has 3 nitrogen and oxygen atoms in total. The van der Waals surface area contributed by atoms with E-state index in [0.29, 0.717) is 6.04 Å². The number of fused-ring (bicyclic) bond motifs is 1. The minimum absolute atomic E-state index is 0.205. The van der Waals surface area contributed by atoms with Gasteiger partial charge >= 0.3 is 0 Å². The molecule has 2 aromatic rings. The van der Waals surface area contributed by atoms with E-state index < -0.39 is 0 Å². The molecule has 4 rings (SSSR count). The molecule has 0 spiro atoms. The SMILES string of the molecule is CC(C)c1nc2c(c(-c3ccc(F)cc3)n1)CN(C1CCCC1)CC2. The summed E-state index contributed by atoms with van der Waals surface area (Å²) in [5, 5.41) is 0. The lowest BCUT2D eigenvalue weighted by atomic mass is 9.97. The van der Waals surface area contributed by atoms with Crippen LogP contribution in [-0.4, -0.2) is 27.5 Å². The highest BCUT2D eigenvalue weighted by molar-refractivity contribution is 5.64. The largest absolute Gasteiger partial charge is 0.296 e. The van der Waals surface area contributed by atoms with Crippen molar-refractivity contribution in [3.8, 4) is 11.3 Å². The van der Waals surface area contributed by atoms with Gasteiger partial charge in [-0.25, -0.2) is 14.4 Å². The van der Waals surface area contributed by atoms with E-state index in [9.17, 15) is 4.39 Å². The summed E-state index contributed by atoms with van der Waals surface area (Å²) in [7, 11) is 0. The number of halogens is 1.